The van der Waals surface area contributed by atoms with Crippen molar-refractivity contribution < 1.29 is 4.74 Å². The average Bonchev–Trinajstić information content (AvgIpc) is 3.31. The summed E-state index contributed by atoms with van der Waals surface area (Å²) in [5, 5.41) is 15.7. The summed E-state index contributed by atoms with van der Waals surface area (Å²) in [6.07, 6.45) is 5.05. The molecule has 1 atom stereocenters. The van der Waals surface area contributed by atoms with Crippen molar-refractivity contribution in [1.82, 2.24) is 30.3 Å². The van der Waals surface area contributed by atoms with E-state index in [1.807, 2.05) is 18.5 Å². The summed E-state index contributed by atoms with van der Waals surface area (Å²) in [6.45, 7) is 11.6. The molecule has 0 aromatic carbocycles. The molecule has 2 N–H and O–H groups in total. The van der Waals surface area contributed by atoms with E-state index >= 15 is 0 Å². The summed E-state index contributed by atoms with van der Waals surface area (Å²) in [6, 6.07) is 0.991. The van der Waals surface area contributed by atoms with Crippen molar-refractivity contribution in [3.63, 3.8) is 0 Å². The maximum atomic E-state index is 5.53. The molecule has 1 saturated heterocycles. The largest absolute Gasteiger partial charge is 0.379 e. The van der Waals surface area contributed by atoms with E-state index in [2.05, 4.69) is 39.6 Å². The van der Waals surface area contributed by atoms with Crippen LogP contribution in [0.25, 0.3) is 0 Å². The monoisotopic (exact) mass is 391 g/mol. The van der Waals surface area contributed by atoms with Gasteiger partial charge in [0.1, 0.15) is 12.4 Å². The molecule has 3 rings (SSSR count). The second kappa shape index (κ2) is 10.2. The number of nitrogens with one attached hydrogen (secondary N) is 2. The SMILES string of the molecule is Cc1nnc(CN=C(NCC(C(C)C)N2CCOCC2)NC2CCCC2)n1C. The van der Waals surface area contributed by atoms with Gasteiger partial charge in [0.15, 0.2) is 11.8 Å². The summed E-state index contributed by atoms with van der Waals surface area (Å²) in [7, 11) is 1.99. The van der Waals surface area contributed by atoms with Crippen molar-refractivity contribution in [2.45, 2.75) is 65.1 Å². The minimum absolute atomic E-state index is 0.469. The summed E-state index contributed by atoms with van der Waals surface area (Å²) in [4.78, 5) is 7.38. The fraction of sp³-hybridized carbons (Fsp3) is 0.850. The van der Waals surface area contributed by atoms with Crippen molar-refractivity contribution in [3.8, 4) is 0 Å². The van der Waals surface area contributed by atoms with E-state index in [0.717, 1.165) is 50.5 Å². The van der Waals surface area contributed by atoms with Gasteiger partial charge in [0.25, 0.3) is 0 Å². The Bertz CT molecular complexity index is 630. The Morgan fingerprint density at radius 1 is 1.21 bits per heavy atom. The number of ether oxygens (including phenoxy) is 1. The Hall–Kier alpha value is -1.67. The van der Waals surface area contributed by atoms with E-state index in [4.69, 9.17) is 9.73 Å². The smallest absolute Gasteiger partial charge is 0.191 e. The van der Waals surface area contributed by atoms with Crippen LogP contribution >= 0.6 is 0 Å². The molecule has 1 aromatic rings. The van der Waals surface area contributed by atoms with Crippen molar-refractivity contribution >= 4 is 5.96 Å². The van der Waals surface area contributed by atoms with Crippen LogP contribution in [0.1, 0.15) is 51.2 Å². The van der Waals surface area contributed by atoms with Crippen molar-refractivity contribution in [3.05, 3.63) is 11.6 Å². The first-order valence-corrected chi connectivity index (χ1v) is 10.8. The lowest BCUT2D eigenvalue weighted by Gasteiger charge is -2.37. The van der Waals surface area contributed by atoms with E-state index in [-0.39, 0.29) is 0 Å². The van der Waals surface area contributed by atoms with Gasteiger partial charge in [-0.2, -0.15) is 0 Å². The molecular weight excluding hydrogens is 354 g/mol. The summed E-state index contributed by atoms with van der Waals surface area (Å²) >= 11 is 0. The van der Waals surface area contributed by atoms with Crippen molar-refractivity contribution in [1.29, 1.82) is 0 Å². The lowest BCUT2D eigenvalue weighted by Crippen LogP contribution is -2.53. The summed E-state index contributed by atoms with van der Waals surface area (Å²) in [5.41, 5.74) is 0. The molecule has 2 aliphatic rings. The molecule has 0 amide bonds. The van der Waals surface area contributed by atoms with Gasteiger partial charge in [0, 0.05) is 38.8 Å². The third-order valence-electron chi connectivity index (χ3n) is 6.02. The van der Waals surface area contributed by atoms with Crippen LogP contribution in [-0.2, 0) is 18.3 Å². The molecule has 1 unspecified atom stereocenters. The topological polar surface area (TPSA) is 79.6 Å². The van der Waals surface area contributed by atoms with Gasteiger partial charge in [0.05, 0.1) is 13.2 Å². The highest BCUT2D eigenvalue weighted by molar-refractivity contribution is 5.80. The lowest BCUT2D eigenvalue weighted by molar-refractivity contribution is 0.00751. The van der Waals surface area contributed by atoms with Crippen molar-refractivity contribution in [2.24, 2.45) is 18.0 Å². The Kier molecular flexibility index (Phi) is 7.67. The standard InChI is InChI=1S/C20H37N7O/c1-15(2)18(27-9-11-28-12-10-27)13-21-20(23-17-7-5-6-8-17)22-14-19-25-24-16(3)26(19)4/h15,17-18H,5-14H2,1-4H3,(H2,21,22,23). The maximum absolute atomic E-state index is 5.53. The Balaban J connectivity index is 1.64. The molecule has 1 aliphatic carbocycles. The number of rotatable bonds is 7. The van der Waals surface area contributed by atoms with Crippen LogP contribution in [0.3, 0.4) is 0 Å². The molecule has 0 bridgehead atoms. The number of hydrogen-bond donors (Lipinski definition) is 2. The van der Waals surface area contributed by atoms with Gasteiger partial charge < -0.3 is 19.9 Å². The van der Waals surface area contributed by atoms with Gasteiger partial charge in [-0.05, 0) is 25.7 Å². The number of guanidine groups is 1. The zero-order chi connectivity index (χ0) is 19.9. The first-order valence-electron chi connectivity index (χ1n) is 10.8. The molecule has 28 heavy (non-hydrogen) atoms. The van der Waals surface area contributed by atoms with Crippen LogP contribution in [0, 0.1) is 12.8 Å². The molecule has 2 fully saturated rings. The van der Waals surface area contributed by atoms with Crippen molar-refractivity contribution in [2.75, 3.05) is 32.8 Å². The minimum atomic E-state index is 0.469. The Morgan fingerprint density at radius 2 is 1.93 bits per heavy atom. The first kappa shape index (κ1) is 21.0. The molecule has 1 saturated carbocycles. The number of hydrogen-bond acceptors (Lipinski definition) is 5. The number of morpholine rings is 1. The zero-order valence-electron chi connectivity index (χ0n) is 17.9. The second-order valence-corrected chi connectivity index (χ2v) is 8.35. The van der Waals surface area contributed by atoms with E-state index in [1.165, 1.54) is 25.7 Å². The van der Waals surface area contributed by atoms with Crippen LogP contribution < -0.4 is 10.6 Å². The van der Waals surface area contributed by atoms with E-state index < -0.39 is 0 Å². The third kappa shape index (κ3) is 5.67. The van der Waals surface area contributed by atoms with Crippen LogP contribution in [0.2, 0.25) is 0 Å². The first-order chi connectivity index (χ1) is 13.5. The van der Waals surface area contributed by atoms with Gasteiger partial charge in [-0.3, -0.25) is 4.90 Å². The third-order valence-corrected chi connectivity index (χ3v) is 6.02. The predicted molar refractivity (Wildman–Crippen MR) is 111 cm³/mol. The quantitative estimate of drug-likeness (QED) is 0.541. The second-order valence-electron chi connectivity index (χ2n) is 8.35. The number of aliphatic imine (C=N–C) groups is 1. The Morgan fingerprint density at radius 3 is 2.54 bits per heavy atom. The van der Waals surface area contributed by atoms with Crippen LogP contribution in [0.15, 0.2) is 4.99 Å². The lowest BCUT2D eigenvalue weighted by atomic mass is 10.0. The predicted octanol–water partition coefficient (Wildman–Crippen LogP) is 1.46. The van der Waals surface area contributed by atoms with Gasteiger partial charge in [0.2, 0.25) is 0 Å². The Labute approximate surface area is 169 Å². The molecule has 1 aromatic heterocycles. The number of aryl methyl sites for hydroxylation is 1. The van der Waals surface area contributed by atoms with Crippen LogP contribution in [0.5, 0.6) is 0 Å². The highest BCUT2D eigenvalue weighted by Crippen LogP contribution is 2.17. The minimum Gasteiger partial charge on any atom is -0.379 e. The summed E-state index contributed by atoms with van der Waals surface area (Å²) < 4.78 is 7.53. The molecule has 2 heterocycles. The highest BCUT2D eigenvalue weighted by Gasteiger charge is 2.24. The molecule has 0 spiro atoms. The number of nitrogens with zero attached hydrogens (tertiary/aromatic N) is 5. The van der Waals surface area contributed by atoms with E-state index in [9.17, 15) is 0 Å². The molecular formula is C20H37N7O. The highest BCUT2D eigenvalue weighted by atomic mass is 16.5. The fourth-order valence-electron chi connectivity index (χ4n) is 4.05. The molecule has 0 radical (unpaired) electrons. The maximum Gasteiger partial charge on any atom is 0.191 e. The molecule has 158 valence electrons. The van der Waals surface area contributed by atoms with Gasteiger partial charge in [-0.15, -0.1) is 10.2 Å². The molecule has 1 aliphatic heterocycles. The molecule has 8 nitrogen and oxygen atoms in total. The fourth-order valence-corrected chi connectivity index (χ4v) is 4.05. The molecule has 8 heteroatoms. The average molecular weight is 392 g/mol. The van der Waals surface area contributed by atoms with E-state index in [0.29, 0.717) is 24.5 Å². The van der Waals surface area contributed by atoms with Crippen LogP contribution in [0.4, 0.5) is 0 Å². The zero-order valence-corrected chi connectivity index (χ0v) is 17.9. The van der Waals surface area contributed by atoms with Gasteiger partial charge in [-0.1, -0.05) is 26.7 Å². The van der Waals surface area contributed by atoms with Gasteiger partial charge in [-0.25, -0.2) is 4.99 Å². The number of aromatic nitrogens is 3. The van der Waals surface area contributed by atoms with E-state index in [1.54, 1.807) is 0 Å². The summed E-state index contributed by atoms with van der Waals surface area (Å²) in [5.74, 6) is 3.26. The normalized spacial score (nSPS) is 20.7. The van der Waals surface area contributed by atoms with Gasteiger partial charge >= 0.3 is 0 Å². The van der Waals surface area contributed by atoms with Crippen LogP contribution in [-0.4, -0.2) is 70.6 Å².